The Morgan fingerprint density at radius 3 is 2.68 bits per heavy atom. The molecule has 1 heterocycles. The molecule has 1 fully saturated rings. The van der Waals surface area contributed by atoms with Gasteiger partial charge in [-0.05, 0) is 62.9 Å². The Morgan fingerprint density at radius 2 is 2.05 bits per heavy atom. The molecule has 1 aromatic carbocycles. The van der Waals surface area contributed by atoms with Gasteiger partial charge in [-0.25, -0.2) is 0 Å². The maximum absolute atomic E-state index is 5.87. The number of allylic oxidation sites excluding steroid dienone is 1. The van der Waals surface area contributed by atoms with Crippen molar-refractivity contribution in [3.8, 4) is 5.75 Å². The molecule has 1 aliphatic heterocycles. The molecule has 0 radical (unpaired) electrons. The summed E-state index contributed by atoms with van der Waals surface area (Å²) in [4.78, 5) is 0. The molecule has 0 N–H and O–H groups in total. The lowest BCUT2D eigenvalue weighted by atomic mass is 10.1. The van der Waals surface area contributed by atoms with Crippen LogP contribution in [0.3, 0.4) is 0 Å². The Morgan fingerprint density at radius 1 is 1.23 bits per heavy atom. The van der Waals surface area contributed by atoms with E-state index in [0.717, 1.165) is 42.9 Å². The van der Waals surface area contributed by atoms with E-state index in [4.69, 9.17) is 14.2 Å². The fraction of sp³-hybridized carbons (Fsp3) is 0.579. The topological polar surface area (TPSA) is 27.7 Å². The van der Waals surface area contributed by atoms with E-state index in [1.165, 1.54) is 19.3 Å². The van der Waals surface area contributed by atoms with Gasteiger partial charge in [-0.1, -0.05) is 13.3 Å². The molecule has 3 nitrogen and oxygen atoms in total. The second-order valence-corrected chi connectivity index (χ2v) is 5.58. The predicted octanol–water partition coefficient (Wildman–Crippen LogP) is 5.16. The SMILES string of the molecule is CCCC/C=C(\OCC)c1ccc(OC2CCCCO2)cc1. The molecule has 1 aromatic rings. The highest BCUT2D eigenvalue weighted by Crippen LogP contribution is 2.23. The van der Waals surface area contributed by atoms with Gasteiger partial charge in [0.1, 0.15) is 11.5 Å². The lowest BCUT2D eigenvalue weighted by molar-refractivity contribution is -0.105. The summed E-state index contributed by atoms with van der Waals surface area (Å²) in [6.07, 6.45) is 8.83. The number of hydrogen-bond donors (Lipinski definition) is 0. The second-order valence-electron chi connectivity index (χ2n) is 5.58. The minimum Gasteiger partial charge on any atom is -0.494 e. The van der Waals surface area contributed by atoms with Gasteiger partial charge in [0.25, 0.3) is 0 Å². The van der Waals surface area contributed by atoms with Crippen LogP contribution in [0.15, 0.2) is 30.3 Å². The van der Waals surface area contributed by atoms with Crippen LogP contribution in [0.5, 0.6) is 5.75 Å². The highest BCUT2D eigenvalue weighted by Gasteiger charge is 2.15. The van der Waals surface area contributed by atoms with Crippen LogP contribution in [0.25, 0.3) is 5.76 Å². The standard InChI is InChI=1S/C19H28O3/c1-3-5-6-9-18(20-4-2)16-11-13-17(14-12-16)22-19-10-7-8-15-21-19/h9,11-14,19H,3-8,10,15H2,1-2H3/b18-9-. The quantitative estimate of drug-likeness (QED) is 0.490. The molecule has 1 aliphatic rings. The summed E-state index contributed by atoms with van der Waals surface area (Å²) < 4.78 is 17.2. The number of ether oxygens (including phenoxy) is 3. The van der Waals surface area contributed by atoms with Crippen molar-refractivity contribution in [1.29, 1.82) is 0 Å². The van der Waals surface area contributed by atoms with Crippen LogP contribution in [0.4, 0.5) is 0 Å². The average molecular weight is 304 g/mol. The summed E-state index contributed by atoms with van der Waals surface area (Å²) >= 11 is 0. The minimum atomic E-state index is -0.0916. The molecule has 1 unspecified atom stereocenters. The molecular formula is C19H28O3. The van der Waals surface area contributed by atoms with E-state index < -0.39 is 0 Å². The Bertz CT molecular complexity index is 444. The van der Waals surface area contributed by atoms with Gasteiger partial charge in [0.15, 0.2) is 6.29 Å². The first-order valence-corrected chi connectivity index (χ1v) is 8.55. The summed E-state index contributed by atoms with van der Waals surface area (Å²) in [5, 5.41) is 0. The summed E-state index contributed by atoms with van der Waals surface area (Å²) in [5.74, 6) is 1.83. The molecular weight excluding hydrogens is 276 g/mol. The van der Waals surface area contributed by atoms with Gasteiger partial charge in [-0.15, -0.1) is 0 Å². The third-order valence-corrected chi connectivity index (χ3v) is 3.73. The Kier molecular flexibility index (Phi) is 7.31. The number of hydrogen-bond acceptors (Lipinski definition) is 3. The normalized spacial score (nSPS) is 19.0. The Balaban J connectivity index is 1.97. The van der Waals surface area contributed by atoms with Crippen LogP contribution in [0.1, 0.15) is 57.9 Å². The van der Waals surface area contributed by atoms with Crippen molar-refractivity contribution in [3.05, 3.63) is 35.9 Å². The maximum Gasteiger partial charge on any atom is 0.199 e. The van der Waals surface area contributed by atoms with E-state index in [9.17, 15) is 0 Å². The largest absolute Gasteiger partial charge is 0.494 e. The van der Waals surface area contributed by atoms with Crippen molar-refractivity contribution in [3.63, 3.8) is 0 Å². The average Bonchev–Trinajstić information content (AvgIpc) is 2.56. The van der Waals surface area contributed by atoms with Gasteiger partial charge >= 0.3 is 0 Å². The van der Waals surface area contributed by atoms with E-state index in [1.54, 1.807) is 0 Å². The lowest BCUT2D eigenvalue weighted by Crippen LogP contribution is -2.24. The van der Waals surface area contributed by atoms with Gasteiger partial charge in [0.05, 0.1) is 13.2 Å². The van der Waals surface area contributed by atoms with E-state index in [-0.39, 0.29) is 6.29 Å². The fourth-order valence-electron chi connectivity index (χ4n) is 2.51. The summed E-state index contributed by atoms with van der Waals surface area (Å²) in [5.41, 5.74) is 1.11. The van der Waals surface area contributed by atoms with Crippen LogP contribution < -0.4 is 4.74 Å². The first-order valence-electron chi connectivity index (χ1n) is 8.55. The van der Waals surface area contributed by atoms with Crippen LogP contribution in [0.2, 0.25) is 0 Å². The molecule has 0 amide bonds. The van der Waals surface area contributed by atoms with Crippen LogP contribution >= 0.6 is 0 Å². The smallest absolute Gasteiger partial charge is 0.199 e. The zero-order valence-electron chi connectivity index (χ0n) is 13.8. The molecule has 0 spiro atoms. The summed E-state index contributed by atoms with van der Waals surface area (Å²) in [6.45, 7) is 5.71. The summed E-state index contributed by atoms with van der Waals surface area (Å²) in [6, 6.07) is 8.12. The van der Waals surface area contributed by atoms with Crippen molar-refractivity contribution in [2.45, 2.75) is 58.7 Å². The molecule has 22 heavy (non-hydrogen) atoms. The highest BCUT2D eigenvalue weighted by atomic mass is 16.7. The maximum atomic E-state index is 5.87. The van der Waals surface area contributed by atoms with Crippen LogP contribution in [0, 0.1) is 0 Å². The number of rotatable bonds is 8. The van der Waals surface area contributed by atoms with E-state index in [0.29, 0.717) is 6.61 Å². The lowest BCUT2D eigenvalue weighted by Gasteiger charge is -2.23. The molecule has 1 saturated heterocycles. The van der Waals surface area contributed by atoms with Crippen LogP contribution in [-0.2, 0) is 9.47 Å². The van der Waals surface area contributed by atoms with Gasteiger partial charge < -0.3 is 14.2 Å². The van der Waals surface area contributed by atoms with Gasteiger partial charge in [0, 0.05) is 12.0 Å². The molecule has 0 saturated carbocycles. The molecule has 0 aliphatic carbocycles. The number of benzene rings is 1. The van der Waals surface area contributed by atoms with Crippen molar-refractivity contribution in [2.24, 2.45) is 0 Å². The zero-order chi connectivity index (χ0) is 15.6. The second kappa shape index (κ2) is 9.52. The zero-order valence-corrected chi connectivity index (χ0v) is 13.8. The van der Waals surface area contributed by atoms with Crippen LogP contribution in [-0.4, -0.2) is 19.5 Å². The van der Waals surface area contributed by atoms with E-state index >= 15 is 0 Å². The predicted molar refractivity (Wildman–Crippen MR) is 89.8 cm³/mol. The van der Waals surface area contributed by atoms with E-state index in [1.807, 2.05) is 19.1 Å². The Hall–Kier alpha value is -1.48. The molecule has 0 bridgehead atoms. The molecule has 3 heteroatoms. The van der Waals surface area contributed by atoms with E-state index in [2.05, 4.69) is 25.1 Å². The first-order chi connectivity index (χ1) is 10.8. The van der Waals surface area contributed by atoms with Crippen molar-refractivity contribution in [2.75, 3.05) is 13.2 Å². The Labute approximate surface area is 134 Å². The molecule has 122 valence electrons. The summed E-state index contributed by atoms with van der Waals surface area (Å²) in [7, 11) is 0. The van der Waals surface area contributed by atoms with Gasteiger partial charge in [-0.3, -0.25) is 0 Å². The molecule has 1 atom stereocenters. The molecule has 0 aromatic heterocycles. The first kappa shape index (κ1) is 16.9. The van der Waals surface area contributed by atoms with Gasteiger partial charge in [-0.2, -0.15) is 0 Å². The molecule has 2 rings (SSSR count). The van der Waals surface area contributed by atoms with Gasteiger partial charge in [0.2, 0.25) is 0 Å². The number of unbranched alkanes of at least 4 members (excludes halogenated alkanes) is 2. The monoisotopic (exact) mass is 304 g/mol. The third kappa shape index (κ3) is 5.38. The van der Waals surface area contributed by atoms with Crippen molar-refractivity contribution < 1.29 is 14.2 Å². The van der Waals surface area contributed by atoms with Crippen molar-refractivity contribution in [1.82, 2.24) is 0 Å². The third-order valence-electron chi connectivity index (χ3n) is 3.73. The fourth-order valence-corrected chi connectivity index (χ4v) is 2.51. The highest BCUT2D eigenvalue weighted by molar-refractivity contribution is 5.60. The van der Waals surface area contributed by atoms with Crippen molar-refractivity contribution >= 4 is 5.76 Å². The minimum absolute atomic E-state index is 0.0916.